The number of carbonyl (C=O) groups excluding carboxylic acids is 2. The van der Waals surface area contributed by atoms with Crippen molar-refractivity contribution in [3.8, 4) is 16.9 Å². The molecular weight excluding hydrogens is 422 g/mol. The number of methoxy groups -OCH3 is 1. The first-order valence-corrected chi connectivity index (χ1v) is 10.4. The number of hydrogen-bond acceptors (Lipinski definition) is 5. The zero-order valence-electron chi connectivity index (χ0n) is 16.5. The van der Waals surface area contributed by atoms with E-state index in [0.29, 0.717) is 26.9 Å². The van der Waals surface area contributed by atoms with Crippen LogP contribution in [0.5, 0.6) is 5.75 Å². The molecule has 7 heteroatoms. The highest BCUT2D eigenvalue weighted by molar-refractivity contribution is 7.15. The third kappa shape index (κ3) is 5.28. The highest BCUT2D eigenvalue weighted by atomic mass is 35.5. The first-order chi connectivity index (χ1) is 14.5. The van der Waals surface area contributed by atoms with Crippen molar-refractivity contribution in [3.05, 3.63) is 76.1 Å². The molecule has 0 aliphatic heterocycles. The van der Waals surface area contributed by atoms with E-state index in [9.17, 15) is 9.59 Å². The SMILES string of the molecule is CCOC(=O)c1c(-c2ccc(Cl)cc2)csc1NC(=O)/C=C/c1cccc(OC)c1. The highest BCUT2D eigenvalue weighted by Crippen LogP contribution is 2.36. The van der Waals surface area contributed by atoms with Gasteiger partial charge in [0.1, 0.15) is 16.3 Å². The molecule has 1 N–H and O–H groups in total. The number of amides is 1. The second-order valence-electron chi connectivity index (χ2n) is 6.18. The van der Waals surface area contributed by atoms with Crippen molar-refractivity contribution < 1.29 is 19.1 Å². The summed E-state index contributed by atoms with van der Waals surface area (Å²) < 4.78 is 10.4. The number of carbonyl (C=O) groups is 2. The van der Waals surface area contributed by atoms with E-state index in [0.717, 1.165) is 11.1 Å². The fraction of sp³-hybridized carbons (Fsp3) is 0.130. The summed E-state index contributed by atoms with van der Waals surface area (Å²) >= 11 is 7.23. The van der Waals surface area contributed by atoms with Gasteiger partial charge in [0.05, 0.1) is 13.7 Å². The van der Waals surface area contributed by atoms with Gasteiger partial charge in [-0.3, -0.25) is 4.79 Å². The Morgan fingerprint density at radius 1 is 1.17 bits per heavy atom. The summed E-state index contributed by atoms with van der Waals surface area (Å²) in [5.41, 5.74) is 2.64. The number of anilines is 1. The van der Waals surface area contributed by atoms with Gasteiger partial charge in [0, 0.05) is 22.0 Å². The second kappa shape index (κ2) is 10.1. The predicted molar refractivity (Wildman–Crippen MR) is 121 cm³/mol. The summed E-state index contributed by atoms with van der Waals surface area (Å²) in [4.78, 5) is 25.1. The molecule has 0 radical (unpaired) electrons. The normalized spacial score (nSPS) is 10.8. The molecule has 0 atom stereocenters. The number of rotatable bonds is 7. The van der Waals surface area contributed by atoms with Crippen LogP contribution in [-0.2, 0) is 9.53 Å². The van der Waals surface area contributed by atoms with Crippen LogP contribution in [0, 0.1) is 0 Å². The first-order valence-electron chi connectivity index (χ1n) is 9.19. The second-order valence-corrected chi connectivity index (χ2v) is 7.50. The molecule has 0 fully saturated rings. The van der Waals surface area contributed by atoms with Crippen molar-refractivity contribution in [3.63, 3.8) is 0 Å². The largest absolute Gasteiger partial charge is 0.497 e. The molecule has 154 valence electrons. The van der Waals surface area contributed by atoms with Gasteiger partial charge in [0.25, 0.3) is 0 Å². The first kappa shape index (κ1) is 21.6. The van der Waals surface area contributed by atoms with Gasteiger partial charge < -0.3 is 14.8 Å². The summed E-state index contributed by atoms with van der Waals surface area (Å²) in [7, 11) is 1.58. The average Bonchev–Trinajstić information content (AvgIpc) is 3.16. The van der Waals surface area contributed by atoms with Crippen LogP contribution in [0.1, 0.15) is 22.8 Å². The molecule has 3 rings (SSSR count). The minimum atomic E-state index is -0.490. The Bertz CT molecular complexity index is 1070. The van der Waals surface area contributed by atoms with Gasteiger partial charge in [0.15, 0.2) is 0 Å². The lowest BCUT2D eigenvalue weighted by Crippen LogP contribution is -2.12. The molecule has 0 spiro atoms. The molecule has 0 aliphatic rings. The molecule has 30 heavy (non-hydrogen) atoms. The Balaban J connectivity index is 1.85. The van der Waals surface area contributed by atoms with Gasteiger partial charge in [-0.05, 0) is 48.4 Å². The van der Waals surface area contributed by atoms with Crippen molar-refractivity contribution in [1.29, 1.82) is 0 Å². The molecule has 0 unspecified atom stereocenters. The topological polar surface area (TPSA) is 64.6 Å². The minimum Gasteiger partial charge on any atom is -0.497 e. The molecular formula is C23H20ClNO4S. The Labute approximate surface area is 183 Å². The van der Waals surface area contributed by atoms with Crippen LogP contribution in [0.4, 0.5) is 5.00 Å². The standard InChI is InChI=1S/C23H20ClNO4S/c1-3-29-23(27)21-19(16-8-10-17(24)11-9-16)14-30-22(21)25-20(26)12-7-15-5-4-6-18(13-15)28-2/h4-14H,3H2,1-2H3,(H,25,26)/b12-7+. The molecule has 0 saturated carbocycles. The van der Waals surface area contributed by atoms with Crippen LogP contribution >= 0.6 is 22.9 Å². The predicted octanol–water partition coefficient (Wildman–Crippen LogP) is 5.91. The molecule has 1 heterocycles. The summed E-state index contributed by atoms with van der Waals surface area (Å²) in [6, 6.07) is 14.5. The lowest BCUT2D eigenvalue weighted by Gasteiger charge is -2.08. The fourth-order valence-corrected chi connectivity index (χ4v) is 3.85. The summed E-state index contributed by atoms with van der Waals surface area (Å²) in [5, 5.41) is 5.63. The van der Waals surface area contributed by atoms with Gasteiger partial charge >= 0.3 is 5.97 Å². The maximum atomic E-state index is 12.6. The molecule has 3 aromatic rings. The van der Waals surface area contributed by atoms with Crippen LogP contribution in [0.25, 0.3) is 17.2 Å². The van der Waals surface area contributed by atoms with E-state index in [-0.39, 0.29) is 12.5 Å². The number of esters is 1. The average molecular weight is 442 g/mol. The van der Waals surface area contributed by atoms with E-state index in [1.54, 1.807) is 32.2 Å². The van der Waals surface area contributed by atoms with Gasteiger partial charge in [-0.1, -0.05) is 35.9 Å². The van der Waals surface area contributed by atoms with Crippen molar-refractivity contribution in [2.24, 2.45) is 0 Å². The zero-order valence-corrected chi connectivity index (χ0v) is 18.0. The van der Waals surface area contributed by atoms with E-state index in [2.05, 4.69) is 5.32 Å². The maximum Gasteiger partial charge on any atom is 0.341 e. The van der Waals surface area contributed by atoms with Gasteiger partial charge in [-0.2, -0.15) is 0 Å². The molecule has 1 amide bonds. The molecule has 0 bridgehead atoms. The van der Waals surface area contributed by atoms with E-state index in [4.69, 9.17) is 21.1 Å². The van der Waals surface area contributed by atoms with Crippen LogP contribution < -0.4 is 10.1 Å². The van der Waals surface area contributed by atoms with E-state index in [1.807, 2.05) is 41.8 Å². The zero-order chi connectivity index (χ0) is 21.5. The Morgan fingerprint density at radius 2 is 1.93 bits per heavy atom. The Morgan fingerprint density at radius 3 is 2.63 bits per heavy atom. The van der Waals surface area contributed by atoms with Crippen LogP contribution in [0.2, 0.25) is 5.02 Å². The van der Waals surface area contributed by atoms with Crippen LogP contribution in [-0.4, -0.2) is 25.6 Å². The third-order valence-corrected chi connectivity index (χ3v) is 5.33. The maximum absolute atomic E-state index is 12.6. The van der Waals surface area contributed by atoms with Crippen molar-refractivity contribution in [2.45, 2.75) is 6.92 Å². The lowest BCUT2D eigenvalue weighted by atomic mass is 10.0. The quantitative estimate of drug-likeness (QED) is 0.366. The molecule has 0 aliphatic carbocycles. The lowest BCUT2D eigenvalue weighted by molar-refractivity contribution is -0.111. The van der Waals surface area contributed by atoms with Gasteiger partial charge in [0.2, 0.25) is 5.91 Å². The van der Waals surface area contributed by atoms with E-state index >= 15 is 0 Å². The van der Waals surface area contributed by atoms with E-state index < -0.39 is 5.97 Å². The molecule has 5 nitrogen and oxygen atoms in total. The molecule has 0 saturated heterocycles. The van der Waals surface area contributed by atoms with Gasteiger partial charge in [-0.15, -0.1) is 11.3 Å². The summed E-state index contributed by atoms with van der Waals surface area (Å²) in [5.74, 6) is -0.142. The summed E-state index contributed by atoms with van der Waals surface area (Å²) in [6.45, 7) is 1.97. The van der Waals surface area contributed by atoms with Gasteiger partial charge in [-0.25, -0.2) is 4.79 Å². The number of ether oxygens (including phenoxy) is 2. The smallest absolute Gasteiger partial charge is 0.341 e. The van der Waals surface area contributed by atoms with E-state index in [1.165, 1.54) is 17.4 Å². The number of thiophene rings is 1. The van der Waals surface area contributed by atoms with Crippen LogP contribution in [0.3, 0.4) is 0 Å². The monoisotopic (exact) mass is 441 g/mol. The number of hydrogen-bond donors (Lipinski definition) is 1. The van der Waals surface area contributed by atoms with Crippen molar-refractivity contribution >= 4 is 45.9 Å². The molecule has 1 aromatic heterocycles. The van der Waals surface area contributed by atoms with Crippen LogP contribution in [0.15, 0.2) is 60.0 Å². The number of halogens is 1. The molecule has 2 aromatic carbocycles. The van der Waals surface area contributed by atoms with Crippen molar-refractivity contribution in [2.75, 3.05) is 19.0 Å². The fourth-order valence-electron chi connectivity index (χ4n) is 2.77. The summed E-state index contributed by atoms with van der Waals surface area (Å²) in [6.07, 6.45) is 3.08. The minimum absolute atomic E-state index is 0.234. The Hall–Kier alpha value is -3.09. The number of benzene rings is 2. The third-order valence-electron chi connectivity index (χ3n) is 4.18. The number of nitrogens with one attached hydrogen (secondary N) is 1. The highest BCUT2D eigenvalue weighted by Gasteiger charge is 2.22. The Kier molecular flexibility index (Phi) is 7.27. The van der Waals surface area contributed by atoms with Crippen molar-refractivity contribution in [1.82, 2.24) is 0 Å².